The number of benzene rings is 1. The minimum absolute atomic E-state index is 0.287. The van der Waals surface area contributed by atoms with Crippen LogP contribution in [0.2, 0.25) is 0 Å². The molecule has 0 spiro atoms. The van der Waals surface area contributed by atoms with Gasteiger partial charge in [-0.25, -0.2) is 0 Å². The molecular formula is C17H24N2O2. The number of β-amino-alcohol motifs (C(OH)–C–C–N with tert-alkyl or cyclic N) is 1. The Hall–Kier alpha value is -1.57. The molecule has 0 aliphatic carbocycles. The van der Waals surface area contributed by atoms with Crippen molar-refractivity contribution in [2.24, 2.45) is 0 Å². The lowest BCUT2D eigenvalue weighted by Crippen LogP contribution is -2.40. The van der Waals surface area contributed by atoms with Crippen LogP contribution in [0, 0.1) is 11.3 Å². The van der Waals surface area contributed by atoms with Crippen LogP contribution >= 0.6 is 0 Å². The van der Waals surface area contributed by atoms with Crippen molar-refractivity contribution in [2.75, 3.05) is 19.7 Å². The number of hydrogen-bond acceptors (Lipinski definition) is 4. The van der Waals surface area contributed by atoms with Crippen LogP contribution in [0.25, 0.3) is 0 Å². The molecule has 21 heavy (non-hydrogen) atoms. The molecule has 1 aromatic carbocycles. The van der Waals surface area contributed by atoms with E-state index in [0.717, 1.165) is 6.54 Å². The summed E-state index contributed by atoms with van der Waals surface area (Å²) in [5.41, 5.74) is 0.612. The van der Waals surface area contributed by atoms with Gasteiger partial charge in [0.05, 0.1) is 11.6 Å². The number of nitriles is 1. The van der Waals surface area contributed by atoms with Gasteiger partial charge in [-0.1, -0.05) is 12.8 Å². The standard InChI is InChI=1S/C17H24N2O2/c1-14-5-3-2-4-10-19(14)12-16(20)13-21-17-8-6-15(11-18)7-9-17/h6-9,14,16,20H,2-5,10,12-13H2,1H3. The summed E-state index contributed by atoms with van der Waals surface area (Å²) in [6.07, 6.45) is 4.52. The molecule has 1 heterocycles. The van der Waals surface area contributed by atoms with E-state index >= 15 is 0 Å². The Morgan fingerprint density at radius 2 is 2.10 bits per heavy atom. The van der Waals surface area contributed by atoms with E-state index in [9.17, 15) is 5.11 Å². The minimum atomic E-state index is -0.485. The van der Waals surface area contributed by atoms with E-state index in [2.05, 4.69) is 17.9 Å². The Balaban J connectivity index is 1.78. The van der Waals surface area contributed by atoms with E-state index in [4.69, 9.17) is 10.00 Å². The predicted molar refractivity (Wildman–Crippen MR) is 82.2 cm³/mol. The van der Waals surface area contributed by atoms with Gasteiger partial charge in [0.1, 0.15) is 18.5 Å². The van der Waals surface area contributed by atoms with Crippen LogP contribution in [0.3, 0.4) is 0 Å². The Bertz CT molecular complexity index is 467. The lowest BCUT2D eigenvalue weighted by atomic mass is 10.1. The van der Waals surface area contributed by atoms with E-state index < -0.39 is 6.10 Å². The Morgan fingerprint density at radius 3 is 2.81 bits per heavy atom. The van der Waals surface area contributed by atoms with E-state index in [-0.39, 0.29) is 6.61 Å². The van der Waals surface area contributed by atoms with E-state index in [1.165, 1.54) is 25.7 Å². The Kier molecular flexibility index (Phi) is 6.04. The number of ether oxygens (including phenoxy) is 1. The van der Waals surface area contributed by atoms with E-state index in [1.54, 1.807) is 24.3 Å². The molecule has 1 aliphatic heterocycles. The first kappa shape index (κ1) is 15.8. The van der Waals surface area contributed by atoms with Crippen LogP contribution in [0.5, 0.6) is 5.75 Å². The zero-order valence-electron chi connectivity index (χ0n) is 12.7. The van der Waals surface area contributed by atoms with Gasteiger partial charge in [0.25, 0.3) is 0 Å². The first-order valence-corrected chi connectivity index (χ1v) is 7.74. The lowest BCUT2D eigenvalue weighted by molar-refractivity contribution is 0.0559. The van der Waals surface area contributed by atoms with Crippen LogP contribution in [-0.4, -0.2) is 41.8 Å². The minimum Gasteiger partial charge on any atom is -0.491 e. The van der Waals surface area contributed by atoms with Crippen molar-refractivity contribution in [3.63, 3.8) is 0 Å². The number of aliphatic hydroxyl groups excluding tert-OH is 1. The van der Waals surface area contributed by atoms with Gasteiger partial charge in [0.15, 0.2) is 0 Å². The molecule has 114 valence electrons. The number of nitrogens with zero attached hydrogens (tertiary/aromatic N) is 2. The smallest absolute Gasteiger partial charge is 0.119 e. The average molecular weight is 288 g/mol. The molecule has 0 radical (unpaired) electrons. The van der Waals surface area contributed by atoms with Crippen molar-refractivity contribution in [1.82, 2.24) is 4.90 Å². The quantitative estimate of drug-likeness (QED) is 0.904. The summed E-state index contributed by atoms with van der Waals surface area (Å²) >= 11 is 0. The average Bonchev–Trinajstić information content (AvgIpc) is 2.71. The number of likely N-dealkylation sites (tertiary alicyclic amines) is 1. The number of hydrogen-bond donors (Lipinski definition) is 1. The molecule has 1 aliphatic rings. The summed E-state index contributed by atoms with van der Waals surface area (Å²) in [6.45, 7) is 4.25. The molecule has 1 aromatic rings. The third kappa shape index (κ3) is 5.04. The third-order valence-electron chi connectivity index (χ3n) is 4.06. The third-order valence-corrected chi connectivity index (χ3v) is 4.06. The van der Waals surface area contributed by atoms with Gasteiger partial charge < -0.3 is 9.84 Å². The molecule has 1 N–H and O–H groups in total. The molecule has 4 nitrogen and oxygen atoms in total. The largest absolute Gasteiger partial charge is 0.491 e. The summed E-state index contributed by atoms with van der Waals surface area (Å²) in [5, 5.41) is 18.9. The van der Waals surface area contributed by atoms with Crippen molar-refractivity contribution in [2.45, 2.75) is 44.8 Å². The first-order chi connectivity index (χ1) is 10.2. The van der Waals surface area contributed by atoms with Crippen LogP contribution < -0.4 is 4.74 Å². The van der Waals surface area contributed by atoms with E-state index in [0.29, 0.717) is 23.9 Å². The maximum atomic E-state index is 10.2. The van der Waals surface area contributed by atoms with Crippen LogP contribution in [-0.2, 0) is 0 Å². The van der Waals surface area contributed by atoms with Gasteiger partial charge >= 0.3 is 0 Å². The highest BCUT2D eigenvalue weighted by atomic mass is 16.5. The van der Waals surface area contributed by atoms with Crippen LogP contribution in [0.4, 0.5) is 0 Å². The number of aliphatic hydroxyl groups is 1. The molecule has 0 aromatic heterocycles. The molecule has 2 rings (SSSR count). The van der Waals surface area contributed by atoms with Crippen molar-refractivity contribution in [1.29, 1.82) is 5.26 Å². The van der Waals surface area contributed by atoms with Crippen molar-refractivity contribution < 1.29 is 9.84 Å². The normalized spacial score (nSPS) is 21.3. The zero-order chi connectivity index (χ0) is 15.1. The summed E-state index contributed by atoms with van der Waals surface area (Å²) in [7, 11) is 0. The summed E-state index contributed by atoms with van der Waals surface area (Å²) < 4.78 is 5.59. The molecule has 0 amide bonds. The van der Waals surface area contributed by atoms with Crippen LogP contribution in [0.15, 0.2) is 24.3 Å². The van der Waals surface area contributed by atoms with Gasteiger partial charge in [-0.2, -0.15) is 5.26 Å². The van der Waals surface area contributed by atoms with Gasteiger partial charge in [0, 0.05) is 12.6 Å². The molecule has 0 saturated carbocycles. The summed E-state index contributed by atoms with van der Waals surface area (Å²) in [6, 6.07) is 9.58. The Labute approximate surface area is 127 Å². The second-order valence-corrected chi connectivity index (χ2v) is 5.79. The van der Waals surface area contributed by atoms with Gasteiger partial charge in [0.2, 0.25) is 0 Å². The van der Waals surface area contributed by atoms with Gasteiger partial charge in [-0.05, 0) is 50.6 Å². The highest BCUT2D eigenvalue weighted by molar-refractivity contribution is 5.34. The van der Waals surface area contributed by atoms with Gasteiger partial charge in [-0.15, -0.1) is 0 Å². The summed E-state index contributed by atoms with van der Waals surface area (Å²) in [5.74, 6) is 0.692. The highest BCUT2D eigenvalue weighted by Crippen LogP contribution is 2.17. The summed E-state index contributed by atoms with van der Waals surface area (Å²) in [4.78, 5) is 2.36. The first-order valence-electron chi connectivity index (χ1n) is 7.74. The SMILES string of the molecule is CC1CCCCCN1CC(O)COc1ccc(C#N)cc1. The molecule has 1 saturated heterocycles. The molecule has 0 bridgehead atoms. The molecule has 2 unspecified atom stereocenters. The van der Waals surface area contributed by atoms with Crippen molar-refractivity contribution in [3.05, 3.63) is 29.8 Å². The van der Waals surface area contributed by atoms with Crippen LogP contribution in [0.1, 0.15) is 38.2 Å². The molecular weight excluding hydrogens is 264 g/mol. The van der Waals surface area contributed by atoms with Crippen molar-refractivity contribution >= 4 is 0 Å². The lowest BCUT2D eigenvalue weighted by Gasteiger charge is -2.29. The molecule has 1 fully saturated rings. The molecule has 2 atom stereocenters. The zero-order valence-corrected chi connectivity index (χ0v) is 12.7. The second-order valence-electron chi connectivity index (χ2n) is 5.79. The molecule has 4 heteroatoms. The Morgan fingerprint density at radius 1 is 1.33 bits per heavy atom. The van der Waals surface area contributed by atoms with E-state index in [1.807, 2.05) is 0 Å². The maximum absolute atomic E-state index is 10.2. The number of rotatable bonds is 5. The second kappa shape index (κ2) is 8.02. The topological polar surface area (TPSA) is 56.5 Å². The fourth-order valence-corrected chi connectivity index (χ4v) is 2.75. The van der Waals surface area contributed by atoms with Crippen molar-refractivity contribution in [3.8, 4) is 11.8 Å². The highest BCUT2D eigenvalue weighted by Gasteiger charge is 2.19. The van der Waals surface area contributed by atoms with Gasteiger partial charge in [-0.3, -0.25) is 4.90 Å². The monoisotopic (exact) mass is 288 g/mol. The predicted octanol–water partition coefficient (Wildman–Crippen LogP) is 2.56. The fourth-order valence-electron chi connectivity index (χ4n) is 2.75. The fraction of sp³-hybridized carbons (Fsp3) is 0.588. The maximum Gasteiger partial charge on any atom is 0.119 e.